The smallest absolute Gasteiger partial charge is 0.140 e. The van der Waals surface area contributed by atoms with Gasteiger partial charge in [0, 0.05) is 14.7 Å². The van der Waals surface area contributed by atoms with Gasteiger partial charge < -0.3 is 4.74 Å². The van der Waals surface area contributed by atoms with E-state index in [2.05, 4.69) is 42.9 Å². The highest BCUT2D eigenvalue weighted by Gasteiger charge is 2.13. The predicted octanol–water partition coefficient (Wildman–Crippen LogP) is 4.17. The summed E-state index contributed by atoms with van der Waals surface area (Å²) in [6.45, 7) is 10.5. The van der Waals surface area contributed by atoms with Crippen molar-refractivity contribution >= 4 is 8.07 Å². The largest absolute Gasteiger partial charge is 0.360 e. The van der Waals surface area contributed by atoms with Crippen LogP contribution in [0.1, 0.15) is 5.69 Å². The van der Waals surface area contributed by atoms with E-state index in [0.29, 0.717) is 6.73 Å². The van der Waals surface area contributed by atoms with Crippen LogP contribution in [0.3, 0.4) is 0 Å². The number of benzene rings is 1. The van der Waals surface area contributed by atoms with E-state index in [-0.39, 0.29) is 0 Å². The predicted molar refractivity (Wildman–Crippen MR) is 86.5 cm³/mol. The summed E-state index contributed by atoms with van der Waals surface area (Å²) in [5.74, 6) is 0. The lowest BCUT2D eigenvalue weighted by atomic mass is 10.1. The molecule has 0 bridgehead atoms. The molecule has 4 heteroatoms. The number of aromatic nitrogens is 2. The van der Waals surface area contributed by atoms with Gasteiger partial charge in [-0.1, -0.05) is 50.0 Å². The van der Waals surface area contributed by atoms with E-state index in [1.807, 2.05) is 29.8 Å². The molecule has 0 aliphatic carbocycles. The Morgan fingerprint density at radius 1 is 1.15 bits per heavy atom. The molecule has 0 unspecified atom stereocenters. The van der Waals surface area contributed by atoms with E-state index in [1.165, 1.54) is 11.6 Å². The lowest BCUT2D eigenvalue weighted by Crippen LogP contribution is -2.22. The van der Waals surface area contributed by atoms with E-state index in [9.17, 15) is 0 Å². The fraction of sp³-hybridized carbons (Fsp3) is 0.438. The summed E-state index contributed by atoms with van der Waals surface area (Å²) in [6.07, 6.45) is 0. The molecular weight excluding hydrogens is 264 g/mol. The van der Waals surface area contributed by atoms with Crippen molar-refractivity contribution < 1.29 is 4.74 Å². The third-order valence-electron chi connectivity index (χ3n) is 3.18. The van der Waals surface area contributed by atoms with Crippen molar-refractivity contribution in [1.29, 1.82) is 0 Å². The van der Waals surface area contributed by atoms with Crippen molar-refractivity contribution in [3.63, 3.8) is 0 Å². The molecule has 1 aromatic carbocycles. The van der Waals surface area contributed by atoms with Crippen molar-refractivity contribution in [3.05, 3.63) is 42.1 Å². The zero-order valence-corrected chi connectivity index (χ0v) is 13.9. The Labute approximate surface area is 122 Å². The SMILES string of the molecule is Cc1cc(-c2ccccc2)n(COCC[Si](C)(C)C)n1. The molecule has 1 aromatic heterocycles. The van der Waals surface area contributed by atoms with Crippen LogP contribution in [0.15, 0.2) is 36.4 Å². The highest BCUT2D eigenvalue weighted by molar-refractivity contribution is 6.76. The maximum atomic E-state index is 5.81. The van der Waals surface area contributed by atoms with Gasteiger partial charge >= 0.3 is 0 Å². The third kappa shape index (κ3) is 4.32. The standard InChI is InChI=1S/C16H24N2OSi/c1-14-12-16(15-8-6-5-7-9-15)18(17-14)13-19-10-11-20(2,3)4/h5-9,12H,10-11,13H2,1-4H3. The molecule has 0 aliphatic rings. The van der Waals surface area contributed by atoms with Crippen LogP contribution in [-0.2, 0) is 11.5 Å². The molecule has 0 saturated carbocycles. The molecular formula is C16H24N2OSi. The average molecular weight is 288 g/mol. The van der Waals surface area contributed by atoms with Crippen LogP contribution >= 0.6 is 0 Å². The molecule has 2 aromatic rings. The lowest BCUT2D eigenvalue weighted by Gasteiger charge is -2.15. The molecule has 108 valence electrons. The van der Waals surface area contributed by atoms with Crippen LogP contribution in [0.2, 0.25) is 25.7 Å². The Bertz CT molecular complexity index is 543. The van der Waals surface area contributed by atoms with Crippen molar-refractivity contribution in [2.24, 2.45) is 0 Å². The molecule has 0 aliphatic heterocycles. The zero-order valence-electron chi connectivity index (χ0n) is 12.9. The Morgan fingerprint density at radius 2 is 1.85 bits per heavy atom. The minimum absolute atomic E-state index is 0.530. The number of nitrogens with zero attached hydrogens (tertiary/aromatic N) is 2. The first-order chi connectivity index (χ1) is 9.46. The lowest BCUT2D eigenvalue weighted by molar-refractivity contribution is 0.0796. The van der Waals surface area contributed by atoms with Gasteiger partial charge in [-0.25, -0.2) is 4.68 Å². The molecule has 0 N–H and O–H groups in total. The van der Waals surface area contributed by atoms with Gasteiger partial charge in [-0.2, -0.15) is 5.10 Å². The van der Waals surface area contributed by atoms with Crippen LogP contribution in [0.5, 0.6) is 0 Å². The third-order valence-corrected chi connectivity index (χ3v) is 4.89. The fourth-order valence-electron chi connectivity index (χ4n) is 2.01. The molecule has 0 spiro atoms. The monoisotopic (exact) mass is 288 g/mol. The van der Waals surface area contributed by atoms with E-state index < -0.39 is 8.07 Å². The van der Waals surface area contributed by atoms with Crippen LogP contribution < -0.4 is 0 Å². The minimum atomic E-state index is -1.02. The summed E-state index contributed by atoms with van der Waals surface area (Å²) >= 11 is 0. The Hall–Kier alpha value is -1.39. The van der Waals surface area contributed by atoms with Gasteiger partial charge in [0.05, 0.1) is 11.4 Å². The van der Waals surface area contributed by atoms with Gasteiger partial charge in [-0.15, -0.1) is 0 Å². The normalized spacial score (nSPS) is 11.8. The van der Waals surface area contributed by atoms with E-state index in [1.54, 1.807) is 0 Å². The molecule has 0 saturated heterocycles. The second-order valence-electron chi connectivity index (χ2n) is 6.38. The Morgan fingerprint density at radius 3 is 2.50 bits per heavy atom. The highest BCUT2D eigenvalue weighted by atomic mass is 28.3. The Kier molecular flexibility index (Phi) is 4.78. The number of aryl methyl sites for hydroxylation is 1. The van der Waals surface area contributed by atoms with Crippen molar-refractivity contribution in [2.45, 2.75) is 39.3 Å². The zero-order chi connectivity index (χ0) is 14.6. The molecule has 0 atom stereocenters. The first-order valence-electron chi connectivity index (χ1n) is 7.13. The first-order valence-corrected chi connectivity index (χ1v) is 10.8. The molecule has 0 fully saturated rings. The fourth-order valence-corrected chi connectivity index (χ4v) is 2.77. The molecule has 3 nitrogen and oxygen atoms in total. The maximum absolute atomic E-state index is 5.81. The summed E-state index contributed by atoms with van der Waals surface area (Å²) in [6, 6.07) is 13.6. The topological polar surface area (TPSA) is 27.1 Å². The first kappa shape index (κ1) is 15.0. The van der Waals surface area contributed by atoms with Crippen LogP contribution in [-0.4, -0.2) is 24.5 Å². The summed E-state index contributed by atoms with van der Waals surface area (Å²) in [5.41, 5.74) is 3.33. The van der Waals surface area contributed by atoms with Gasteiger partial charge in [-0.3, -0.25) is 0 Å². The van der Waals surface area contributed by atoms with E-state index >= 15 is 0 Å². The van der Waals surface area contributed by atoms with Gasteiger partial charge in [-0.05, 0) is 24.6 Å². The second-order valence-corrected chi connectivity index (χ2v) is 12.0. The van der Waals surface area contributed by atoms with Gasteiger partial charge in [0.25, 0.3) is 0 Å². The summed E-state index contributed by atoms with van der Waals surface area (Å²) in [7, 11) is -1.02. The van der Waals surface area contributed by atoms with Gasteiger partial charge in [0.2, 0.25) is 0 Å². The second kappa shape index (κ2) is 6.37. The molecule has 1 heterocycles. The highest BCUT2D eigenvalue weighted by Crippen LogP contribution is 2.20. The summed E-state index contributed by atoms with van der Waals surface area (Å²) in [5, 5.41) is 4.52. The number of ether oxygens (including phenoxy) is 1. The maximum Gasteiger partial charge on any atom is 0.140 e. The molecule has 0 radical (unpaired) electrons. The van der Waals surface area contributed by atoms with Gasteiger partial charge in [0.15, 0.2) is 0 Å². The van der Waals surface area contributed by atoms with E-state index in [4.69, 9.17) is 4.74 Å². The van der Waals surface area contributed by atoms with Crippen molar-refractivity contribution in [3.8, 4) is 11.3 Å². The number of hydrogen-bond donors (Lipinski definition) is 0. The quantitative estimate of drug-likeness (QED) is 0.589. The minimum Gasteiger partial charge on any atom is -0.360 e. The Balaban J connectivity index is 2.02. The van der Waals surface area contributed by atoms with Crippen LogP contribution in [0.4, 0.5) is 0 Å². The van der Waals surface area contributed by atoms with E-state index in [0.717, 1.165) is 18.0 Å². The summed E-state index contributed by atoms with van der Waals surface area (Å²) in [4.78, 5) is 0. The average Bonchev–Trinajstić information content (AvgIpc) is 2.76. The van der Waals surface area contributed by atoms with Crippen molar-refractivity contribution in [1.82, 2.24) is 9.78 Å². The number of hydrogen-bond acceptors (Lipinski definition) is 2. The molecule has 0 amide bonds. The van der Waals surface area contributed by atoms with Crippen molar-refractivity contribution in [2.75, 3.05) is 6.61 Å². The van der Waals surface area contributed by atoms with Crippen LogP contribution in [0.25, 0.3) is 11.3 Å². The summed E-state index contributed by atoms with van der Waals surface area (Å²) < 4.78 is 7.76. The number of rotatable bonds is 6. The van der Waals surface area contributed by atoms with Gasteiger partial charge in [0.1, 0.15) is 6.73 Å². The molecule has 2 rings (SSSR count). The molecule has 20 heavy (non-hydrogen) atoms. The van der Waals surface area contributed by atoms with Crippen LogP contribution in [0, 0.1) is 6.92 Å².